The maximum absolute atomic E-state index is 7.19. The van der Waals surface area contributed by atoms with Crippen LogP contribution >= 0.6 is 16.3 Å². The summed E-state index contributed by atoms with van der Waals surface area (Å²) in [6.45, 7) is 54.9. The summed E-state index contributed by atoms with van der Waals surface area (Å²) in [7, 11) is -3.35. The molecule has 76 heavy (non-hydrogen) atoms. The minimum absolute atomic E-state index is 0.0717. The number of hydrogen-bond acceptors (Lipinski definition) is 6. The van der Waals surface area contributed by atoms with Crippen molar-refractivity contribution in [1.29, 1.82) is 0 Å². The summed E-state index contributed by atoms with van der Waals surface area (Å²) in [5.74, 6) is 0. The third-order valence-electron chi connectivity index (χ3n) is 14.9. The lowest BCUT2D eigenvalue weighted by atomic mass is 9.77. The third kappa shape index (κ3) is 11.9. The van der Waals surface area contributed by atoms with E-state index in [9.17, 15) is 0 Å². The van der Waals surface area contributed by atoms with Crippen LogP contribution in [0.1, 0.15) is 211 Å². The van der Waals surface area contributed by atoms with Gasteiger partial charge < -0.3 is 16.8 Å². The summed E-state index contributed by atoms with van der Waals surface area (Å²) in [5, 5.41) is 11.8. The van der Waals surface area contributed by atoms with Crippen molar-refractivity contribution in [2.75, 3.05) is 10.2 Å². The molecule has 406 valence electrons. The first-order valence-corrected chi connectivity index (χ1v) is 29.9. The quantitative estimate of drug-likeness (QED) is 0.179. The zero-order valence-electron chi connectivity index (χ0n) is 50.8. The largest absolute Gasteiger partial charge is 0.404 e. The summed E-state index contributed by atoms with van der Waals surface area (Å²) >= 11 is 0. The first-order valence-electron chi connectivity index (χ1n) is 27.5. The predicted octanol–water partition coefficient (Wildman–Crippen LogP) is 22.7. The van der Waals surface area contributed by atoms with Crippen molar-refractivity contribution in [2.45, 2.75) is 209 Å². The van der Waals surface area contributed by atoms with Crippen LogP contribution in [-0.4, -0.2) is 0 Å². The number of rotatable bonds is 5. The molecule has 0 spiro atoms. The van der Waals surface area contributed by atoms with Crippen molar-refractivity contribution in [3.05, 3.63) is 142 Å². The van der Waals surface area contributed by atoms with Gasteiger partial charge in [-0.3, -0.25) is 10.2 Å². The fourth-order valence-electron chi connectivity index (χ4n) is 9.81. The Morgan fingerprint density at radius 1 is 0.263 bits per heavy atom. The highest BCUT2D eigenvalue weighted by Crippen LogP contribution is 2.48. The molecular weight excluding hydrogens is 971 g/mol. The first kappa shape index (κ1) is 56.9. The second kappa shape index (κ2) is 19.3. The van der Waals surface area contributed by atoms with E-state index in [0.717, 1.165) is 66.4 Å². The van der Waals surface area contributed by atoms with E-state index in [0.29, 0.717) is 0 Å². The van der Waals surface area contributed by atoms with E-state index in [1.54, 1.807) is 0 Å². The molecule has 0 aliphatic rings. The van der Waals surface area contributed by atoms with Crippen molar-refractivity contribution < 1.29 is 16.8 Å². The second-order valence-corrected chi connectivity index (χ2v) is 32.1. The van der Waals surface area contributed by atoms with Crippen molar-refractivity contribution in [3.63, 3.8) is 0 Å². The SMILES string of the molecule is CC(C)(C)c1cc(C(C)(C)C)c2op(Nc3ccc(-c4ccc(Np5oc6c(C(C)(C)C)cc(C(C)(C)C)cc6c6cc(C(C)(C)C)cc(C(C)(C)C)c6o5)cc4)cc3)oc3c(C(C)(C)C)cc(C(C)(C)C)cc3c2c1. The minimum atomic E-state index is -1.67. The summed E-state index contributed by atoms with van der Waals surface area (Å²) in [5.41, 5.74) is 16.4. The highest BCUT2D eigenvalue weighted by molar-refractivity contribution is 7.39. The fraction of sp³-hybridized carbons (Fsp3) is 0.471. The first-order chi connectivity index (χ1) is 34.7. The average Bonchev–Trinajstić information content (AvgIpc) is 3.52. The molecule has 0 atom stereocenters. The molecule has 8 rings (SSSR count). The van der Waals surface area contributed by atoms with Gasteiger partial charge in [0.05, 0.1) is 0 Å². The molecule has 8 aromatic rings. The Morgan fingerprint density at radius 2 is 0.461 bits per heavy atom. The van der Waals surface area contributed by atoms with Gasteiger partial charge in [0.25, 0.3) is 0 Å². The summed E-state index contributed by atoms with van der Waals surface area (Å²) < 4.78 is 28.8. The van der Waals surface area contributed by atoms with E-state index in [1.807, 2.05) is 0 Å². The zero-order chi connectivity index (χ0) is 56.3. The second-order valence-electron chi connectivity index (χ2n) is 29.9. The van der Waals surface area contributed by atoms with Crippen LogP contribution in [0.2, 0.25) is 0 Å². The van der Waals surface area contributed by atoms with Gasteiger partial charge in [0.2, 0.25) is 0 Å². The molecule has 0 fully saturated rings. The van der Waals surface area contributed by atoms with Crippen molar-refractivity contribution in [3.8, 4) is 11.1 Å². The lowest BCUT2D eigenvalue weighted by Crippen LogP contribution is -2.17. The van der Waals surface area contributed by atoms with Crippen LogP contribution in [0.4, 0.5) is 11.4 Å². The molecule has 2 heterocycles. The molecule has 0 unspecified atom stereocenters. The minimum Gasteiger partial charge on any atom is -0.404 e. The Hall–Kier alpha value is -5.28. The zero-order valence-corrected chi connectivity index (χ0v) is 52.6. The highest BCUT2D eigenvalue weighted by atomic mass is 31.1. The molecule has 0 saturated heterocycles. The number of benzene rings is 6. The molecule has 0 radical (unpaired) electrons. The molecular formula is C68H90N2O4P2. The molecule has 0 aliphatic carbocycles. The van der Waals surface area contributed by atoms with Gasteiger partial charge in [-0.05, 0) is 125 Å². The van der Waals surface area contributed by atoms with Crippen LogP contribution in [0, 0.1) is 0 Å². The van der Waals surface area contributed by atoms with Gasteiger partial charge in [0, 0.05) is 55.2 Å². The van der Waals surface area contributed by atoms with Crippen LogP contribution < -0.4 is 10.2 Å². The summed E-state index contributed by atoms with van der Waals surface area (Å²) in [6.07, 6.45) is 0. The van der Waals surface area contributed by atoms with Crippen LogP contribution in [0.5, 0.6) is 0 Å². The normalized spacial score (nSPS) is 13.5. The lowest BCUT2D eigenvalue weighted by Gasteiger charge is -2.27. The van der Waals surface area contributed by atoms with Gasteiger partial charge in [-0.25, -0.2) is 0 Å². The molecule has 0 saturated carbocycles. The van der Waals surface area contributed by atoms with Crippen LogP contribution in [-0.2, 0) is 43.3 Å². The average molecular weight is 1060 g/mol. The monoisotopic (exact) mass is 1060 g/mol. The molecule has 8 heteroatoms. The van der Waals surface area contributed by atoms with Crippen LogP contribution in [0.3, 0.4) is 0 Å². The number of fused-ring (bicyclic) bond motifs is 6. The van der Waals surface area contributed by atoms with E-state index >= 15 is 0 Å². The van der Waals surface area contributed by atoms with Crippen LogP contribution in [0.25, 0.3) is 55.0 Å². The predicted molar refractivity (Wildman–Crippen MR) is 332 cm³/mol. The lowest BCUT2D eigenvalue weighted by molar-refractivity contribution is 0.555. The van der Waals surface area contributed by atoms with Crippen molar-refractivity contribution in [2.24, 2.45) is 0 Å². The standard InChI is InChI=1S/C68H90N2O4P2/c1-61(2,3)43-33-49-50-34-44(62(4,5)6)38-54(66(16,17)18)58(50)72-75(71-57(49)53(37-43)65(13,14)15)69-47-29-25-41(26-30-47)42-27-31-48(32-28-42)70-76-73-59-51(35-45(63(7,8)9)39-55(59)67(19,20)21)52-36-46(64(10,11)12)40-56(60(52)74-76)68(22,23)24/h25-40,69-70H,1-24H3. The van der Waals surface area contributed by atoms with E-state index in [2.05, 4.69) is 273 Å². The molecule has 0 aliphatic heterocycles. The Bertz CT molecular complexity index is 3150. The van der Waals surface area contributed by atoms with E-state index < -0.39 is 16.3 Å². The fourth-order valence-corrected chi connectivity index (χ4v) is 12.2. The molecule has 2 aromatic heterocycles. The Kier molecular flexibility index (Phi) is 14.4. The topological polar surface area (TPSA) is 76.6 Å². The Balaban J connectivity index is 1.22. The molecule has 6 nitrogen and oxygen atoms in total. The van der Waals surface area contributed by atoms with Gasteiger partial charge in [0.1, 0.15) is 22.3 Å². The number of hydrogen-bond donors (Lipinski definition) is 2. The summed E-state index contributed by atoms with van der Waals surface area (Å²) in [6, 6.07) is 36.0. The smallest absolute Gasteiger partial charge is 0.338 e. The molecule has 2 N–H and O–H groups in total. The maximum Gasteiger partial charge on any atom is 0.338 e. The number of anilines is 2. The maximum atomic E-state index is 7.19. The Morgan fingerprint density at radius 3 is 0.632 bits per heavy atom. The molecule has 0 bridgehead atoms. The third-order valence-corrected chi connectivity index (χ3v) is 17.1. The number of nitrogens with one attached hydrogen (secondary N) is 2. The van der Waals surface area contributed by atoms with Crippen LogP contribution in [0.15, 0.2) is 114 Å². The van der Waals surface area contributed by atoms with Gasteiger partial charge in [-0.15, -0.1) is 0 Å². The van der Waals surface area contributed by atoms with Gasteiger partial charge in [-0.2, -0.15) is 0 Å². The highest BCUT2D eigenvalue weighted by Gasteiger charge is 2.31. The van der Waals surface area contributed by atoms with E-state index in [1.165, 1.54) is 44.5 Å². The Labute approximate surface area is 458 Å². The van der Waals surface area contributed by atoms with Crippen molar-refractivity contribution >= 4 is 71.6 Å². The van der Waals surface area contributed by atoms with Gasteiger partial charge in [0.15, 0.2) is 0 Å². The summed E-state index contributed by atoms with van der Waals surface area (Å²) in [4.78, 5) is 0. The molecule has 0 amide bonds. The van der Waals surface area contributed by atoms with E-state index in [4.69, 9.17) is 16.8 Å². The van der Waals surface area contributed by atoms with Gasteiger partial charge in [-0.1, -0.05) is 215 Å². The van der Waals surface area contributed by atoms with Crippen molar-refractivity contribution in [1.82, 2.24) is 0 Å². The van der Waals surface area contributed by atoms with Gasteiger partial charge >= 0.3 is 16.3 Å². The van der Waals surface area contributed by atoms with E-state index in [-0.39, 0.29) is 43.3 Å². The molecule has 6 aromatic carbocycles.